The number of unbranched alkanes of at least 4 members (excludes halogenated alkanes) is 22. The number of carbonyl (C=O) groups excluding carboxylic acids is 3. The van der Waals surface area contributed by atoms with Crippen LogP contribution < -0.4 is 0 Å². The number of esters is 3. The first-order valence-electron chi connectivity index (χ1n) is 23.1. The van der Waals surface area contributed by atoms with Crippen molar-refractivity contribution in [3.63, 3.8) is 0 Å². The van der Waals surface area contributed by atoms with Crippen molar-refractivity contribution < 1.29 is 28.6 Å². The average Bonchev–Trinajstić information content (AvgIpc) is 3.18. The highest BCUT2D eigenvalue weighted by molar-refractivity contribution is 5.71. The van der Waals surface area contributed by atoms with Gasteiger partial charge in [-0.05, 0) is 57.8 Å². The maximum atomic E-state index is 12.7. The van der Waals surface area contributed by atoms with Gasteiger partial charge in [0.25, 0.3) is 0 Å². The van der Waals surface area contributed by atoms with Gasteiger partial charge in [0.15, 0.2) is 6.10 Å². The van der Waals surface area contributed by atoms with E-state index in [2.05, 4.69) is 69.4 Å². The SMILES string of the molecule is CC/C=C\C/C=C\C/C=C\C/C=C\CCCCCCC(=O)OCC(COC(=O)CCCCCCCCCCC)OC(=O)CCCCCCCCCCCCC. The lowest BCUT2D eigenvalue weighted by atomic mass is 10.1. The van der Waals surface area contributed by atoms with Crippen LogP contribution in [-0.4, -0.2) is 37.2 Å². The fourth-order valence-electron chi connectivity index (χ4n) is 6.37. The first-order chi connectivity index (χ1) is 27.0. The third-order valence-corrected chi connectivity index (χ3v) is 9.85. The zero-order chi connectivity index (χ0) is 40.1. The molecule has 0 amide bonds. The predicted molar refractivity (Wildman–Crippen MR) is 233 cm³/mol. The molecule has 1 unspecified atom stereocenters. The molecule has 0 spiro atoms. The van der Waals surface area contributed by atoms with Crippen LogP contribution in [0.25, 0.3) is 0 Å². The van der Waals surface area contributed by atoms with Crippen molar-refractivity contribution >= 4 is 17.9 Å². The summed E-state index contributed by atoms with van der Waals surface area (Å²) in [5.74, 6) is -0.905. The van der Waals surface area contributed by atoms with Gasteiger partial charge >= 0.3 is 17.9 Å². The Morgan fingerprint density at radius 3 is 1.11 bits per heavy atom. The largest absolute Gasteiger partial charge is 0.462 e. The van der Waals surface area contributed by atoms with Crippen molar-refractivity contribution in [3.05, 3.63) is 48.6 Å². The maximum absolute atomic E-state index is 12.7. The Labute approximate surface area is 339 Å². The van der Waals surface area contributed by atoms with Crippen molar-refractivity contribution in [3.8, 4) is 0 Å². The zero-order valence-corrected chi connectivity index (χ0v) is 36.2. The van der Waals surface area contributed by atoms with E-state index in [-0.39, 0.29) is 31.1 Å². The number of rotatable bonds is 41. The van der Waals surface area contributed by atoms with Crippen molar-refractivity contribution in [1.82, 2.24) is 0 Å². The summed E-state index contributed by atoms with van der Waals surface area (Å²) in [7, 11) is 0. The quantitative estimate of drug-likeness (QED) is 0.0267. The van der Waals surface area contributed by atoms with E-state index < -0.39 is 6.10 Å². The van der Waals surface area contributed by atoms with Crippen LogP contribution in [0.1, 0.15) is 226 Å². The summed E-state index contributed by atoms with van der Waals surface area (Å²) in [5, 5.41) is 0. The molecule has 0 aromatic heterocycles. The molecular formula is C49H86O6. The minimum Gasteiger partial charge on any atom is -0.462 e. The molecule has 6 nitrogen and oxygen atoms in total. The number of ether oxygens (including phenoxy) is 3. The van der Waals surface area contributed by atoms with Crippen LogP contribution in [0.3, 0.4) is 0 Å². The lowest BCUT2D eigenvalue weighted by molar-refractivity contribution is -0.167. The fourth-order valence-corrected chi connectivity index (χ4v) is 6.37. The van der Waals surface area contributed by atoms with Crippen molar-refractivity contribution in [2.75, 3.05) is 13.2 Å². The smallest absolute Gasteiger partial charge is 0.306 e. The van der Waals surface area contributed by atoms with E-state index in [0.717, 1.165) is 96.3 Å². The van der Waals surface area contributed by atoms with E-state index >= 15 is 0 Å². The molecule has 0 radical (unpaired) electrons. The lowest BCUT2D eigenvalue weighted by Gasteiger charge is -2.18. The number of hydrogen-bond acceptors (Lipinski definition) is 6. The third kappa shape index (κ3) is 42.4. The van der Waals surface area contributed by atoms with Crippen LogP contribution in [0.15, 0.2) is 48.6 Å². The molecule has 0 aromatic rings. The van der Waals surface area contributed by atoms with E-state index in [1.165, 1.54) is 89.9 Å². The maximum Gasteiger partial charge on any atom is 0.306 e. The van der Waals surface area contributed by atoms with E-state index in [0.29, 0.717) is 19.3 Å². The molecule has 0 aliphatic heterocycles. The minimum atomic E-state index is -0.776. The average molecular weight is 771 g/mol. The highest BCUT2D eigenvalue weighted by Gasteiger charge is 2.19. The minimum absolute atomic E-state index is 0.0785. The second-order valence-electron chi connectivity index (χ2n) is 15.3. The molecule has 0 aliphatic rings. The van der Waals surface area contributed by atoms with Crippen molar-refractivity contribution in [1.29, 1.82) is 0 Å². The molecule has 0 rings (SSSR count). The van der Waals surface area contributed by atoms with Gasteiger partial charge in [-0.15, -0.1) is 0 Å². The molecule has 1 atom stereocenters. The molecule has 0 aromatic carbocycles. The van der Waals surface area contributed by atoms with Crippen molar-refractivity contribution in [2.24, 2.45) is 0 Å². The monoisotopic (exact) mass is 771 g/mol. The molecule has 0 saturated heterocycles. The second kappa shape index (κ2) is 44.1. The van der Waals surface area contributed by atoms with Crippen LogP contribution in [0, 0.1) is 0 Å². The molecule has 0 heterocycles. The molecule has 0 bridgehead atoms. The zero-order valence-electron chi connectivity index (χ0n) is 36.2. The molecule has 0 saturated carbocycles. The fraction of sp³-hybridized carbons (Fsp3) is 0.776. The van der Waals surface area contributed by atoms with E-state index in [4.69, 9.17) is 14.2 Å². The Morgan fingerprint density at radius 1 is 0.382 bits per heavy atom. The highest BCUT2D eigenvalue weighted by atomic mass is 16.6. The summed E-state index contributed by atoms with van der Waals surface area (Å²) < 4.78 is 16.7. The van der Waals surface area contributed by atoms with Crippen LogP contribution in [0.2, 0.25) is 0 Å². The number of allylic oxidation sites excluding steroid dienone is 8. The van der Waals surface area contributed by atoms with Crippen LogP contribution in [0.4, 0.5) is 0 Å². The number of carbonyl (C=O) groups is 3. The third-order valence-electron chi connectivity index (χ3n) is 9.85. The Hall–Kier alpha value is -2.63. The summed E-state index contributed by atoms with van der Waals surface area (Å²) >= 11 is 0. The van der Waals surface area contributed by atoms with Gasteiger partial charge in [-0.3, -0.25) is 14.4 Å². The van der Waals surface area contributed by atoms with Gasteiger partial charge in [0.05, 0.1) is 0 Å². The summed E-state index contributed by atoms with van der Waals surface area (Å²) in [6, 6.07) is 0. The van der Waals surface area contributed by atoms with Crippen LogP contribution in [-0.2, 0) is 28.6 Å². The molecule has 0 fully saturated rings. The molecule has 6 heteroatoms. The topological polar surface area (TPSA) is 78.9 Å². The highest BCUT2D eigenvalue weighted by Crippen LogP contribution is 2.14. The van der Waals surface area contributed by atoms with Crippen LogP contribution >= 0.6 is 0 Å². The summed E-state index contributed by atoms with van der Waals surface area (Å²) in [6.45, 7) is 6.47. The van der Waals surface area contributed by atoms with E-state index in [1.54, 1.807) is 0 Å². The molecule has 0 aliphatic carbocycles. The second-order valence-corrected chi connectivity index (χ2v) is 15.3. The Kier molecular flexibility index (Phi) is 42.0. The van der Waals surface area contributed by atoms with E-state index in [9.17, 15) is 14.4 Å². The van der Waals surface area contributed by atoms with Gasteiger partial charge in [0, 0.05) is 19.3 Å². The first-order valence-corrected chi connectivity index (χ1v) is 23.1. The summed E-state index contributed by atoms with van der Waals surface area (Å²) in [6.07, 6.45) is 50.9. The lowest BCUT2D eigenvalue weighted by Crippen LogP contribution is -2.30. The van der Waals surface area contributed by atoms with Gasteiger partial charge in [0.2, 0.25) is 0 Å². The summed E-state index contributed by atoms with van der Waals surface area (Å²) in [5.41, 5.74) is 0. The van der Waals surface area contributed by atoms with Gasteiger partial charge < -0.3 is 14.2 Å². The molecule has 318 valence electrons. The first kappa shape index (κ1) is 52.4. The normalized spacial score (nSPS) is 12.4. The van der Waals surface area contributed by atoms with E-state index in [1.807, 2.05) is 0 Å². The predicted octanol–water partition coefficient (Wildman–Crippen LogP) is 14.8. The van der Waals surface area contributed by atoms with Crippen molar-refractivity contribution in [2.45, 2.75) is 232 Å². The molecule has 55 heavy (non-hydrogen) atoms. The van der Waals surface area contributed by atoms with Gasteiger partial charge in [-0.1, -0.05) is 198 Å². The van der Waals surface area contributed by atoms with Crippen LogP contribution in [0.5, 0.6) is 0 Å². The standard InChI is InChI=1S/C49H86O6/c1-4-7-10-13-16-19-21-22-23-24-25-26-28-30-33-36-39-42-48(51)54-45-46(44-53-47(50)41-38-35-32-29-18-15-12-9-6-3)55-49(52)43-40-37-34-31-27-20-17-14-11-8-5-2/h7,10,16,19,22-23,25-26,46H,4-6,8-9,11-15,17-18,20-21,24,27-45H2,1-3H3/b10-7-,19-16-,23-22-,26-25-. The van der Waals surface area contributed by atoms with Gasteiger partial charge in [-0.25, -0.2) is 0 Å². The Morgan fingerprint density at radius 2 is 0.709 bits per heavy atom. The Bertz CT molecular complexity index is 980. The summed E-state index contributed by atoms with van der Waals surface area (Å²) in [4.78, 5) is 37.7. The Balaban J connectivity index is 4.36. The molecular weight excluding hydrogens is 685 g/mol. The molecule has 0 N–H and O–H groups in total. The number of hydrogen-bond donors (Lipinski definition) is 0. The van der Waals surface area contributed by atoms with Gasteiger partial charge in [-0.2, -0.15) is 0 Å². The van der Waals surface area contributed by atoms with Gasteiger partial charge in [0.1, 0.15) is 13.2 Å².